The maximum atomic E-state index is 13.1. The van der Waals surface area contributed by atoms with E-state index in [0.29, 0.717) is 18.2 Å². The Hall–Kier alpha value is -1.95. The minimum absolute atomic E-state index is 0.0329. The first-order valence-corrected chi connectivity index (χ1v) is 10.7. The molecule has 1 amide bonds. The van der Waals surface area contributed by atoms with E-state index in [1.165, 1.54) is 12.8 Å². The first-order chi connectivity index (χ1) is 13.3. The average Bonchev–Trinajstić information content (AvgIpc) is 3.09. The number of nitrogens with zero attached hydrogens (tertiary/aromatic N) is 4. The van der Waals surface area contributed by atoms with Crippen molar-refractivity contribution in [2.75, 3.05) is 19.6 Å². The molecule has 2 unspecified atom stereocenters. The molecular weight excluding hydrogens is 350 g/mol. The second-order valence-corrected chi connectivity index (χ2v) is 8.97. The summed E-state index contributed by atoms with van der Waals surface area (Å²) in [5, 5.41) is 8.47. The second kappa shape index (κ2) is 8.60. The van der Waals surface area contributed by atoms with E-state index < -0.39 is 0 Å². The average molecular weight is 386 g/mol. The molecule has 1 fully saturated rings. The molecule has 6 heteroatoms. The normalized spacial score (nSPS) is 19.5. The molecule has 28 heavy (non-hydrogen) atoms. The van der Waals surface area contributed by atoms with Crippen LogP contribution >= 0.6 is 0 Å². The number of aromatic nitrogens is 3. The van der Waals surface area contributed by atoms with Gasteiger partial charge < -0.3 is 5.32 Å². The van der Waals surface area contributed by atoms with Crippen LogP contribution in [0.4, 0.5) is 0 Å². The maximum Gasteiger partial charge on any atom is 0.252 e. The molecule has 1 aliphatic rings. The van der Waals surface area contributed by atoms with Gasteiger partial charge >= 0.3 is 0 Å². The molecule has 1 N–H and O–H groups in total. The summed E-state index contributed by atoms with van der Waals surface area (Å²) in [5.74, 6) is 0.955. The van der Waals surface area contributed by atoms with E-state index >= 15 is 0 Å². The summed E-state index contributed by atoms with van der Waals surface area (Å²) in [4.78, 5) is 20.4. The van der Waals surface area contributed by atoms with Crippen molar-refractivity contribution in [3.8, 4) is 0 Å². The Labute approximate surface area is 168 Å². The molecule has 6 nitrogen and oxygen atoms in total. The van der Waals surface area contributed by atoms with Gasteiger partial charge in [-0.3, -0.25) is 9.69 Å². The zero-order chi connectivity index (χ0) is 20.4. The predicted molar refractivity (Wildman–Crippen MR) is 114 cm³/mol. The molecule has 2 aromatic heterocycles. The summed E-state index contributed by atoms with van der Waals surface area (Å²) >= 11 is 0. The fraction of sp³-hybridized carbons (Fsp3) is 0.682. The van der Waals surface area contributed by atoms with Crippen LogP contribution in [0.2, 0.25) is 0 Å². The Bertz CT molecular complexity index is 826. The van der Waals surface area contributed by atoms with Gasteiger partial charge in [0.1, 0.15) is 0 Å². The van der Waals surface area contributed by atoms with Crippen LogP contribution in [-0.4, -0.2) is 51.2 Å². The van der Waals surface area contributed by atoms with Crippen molar-refractivity contribution in [2.24, 2.45) is 5.92 Å². The van der Waals surface area contributed by atoms with Gasteiger partial charge in [-0.05, 0) is 58.1 Å². The van der Waals surface area contributed by atoms with Crippen molar-refractivity contribution < 1.29 is 4.79 Å². The molecule has 0 radical (unpaired) electrons. The molecule has 154 valence electrons. The highest BCUT2D eigenvalue weighted by molar-refractivity contribution is 6.05. The van der Waals surface area contributed by atoms with E-state index in [9.17, 15) is 4.79 Å². The molecule has 0 bridgehead atoms. The van der Waals surface area contributed by atoms with Crippen LogP contribution in [0.25, 0.3) is 11.0 Å². The number of carbonyl (C=O) groups is 1. The zero-order valence-corrected chi connectivity index (χ0v) is 18.2. The number of nitrogens with one attached hydrogen (secondary N) is 1. The van der Waals surface area contributed by atoms with Crippen molar-refractivity contribution in [2.45, 2.75) is 72.4 Å². The zero-order valence-electron chi connectivity index (χ0n) is 18.2. The summed E-state index contributed by atoms with van der Waals surface area (Å²) in [5.41, 5.74) is 2.40. The number of carbonyl (C=O) groups excluding carboxylic acids is 1. The molecule has 0 aliphatic carbocycles. The van der Waals surface area contributed by atoms with Crippen LogP contribution in [0.15, 0.2) is 12.3 Å². The van der Waals surface area contributed by atoms with Crippen LogP contribution in [0.5, 0.6) is 0 Å². The summed E-state index contributed by atoms with van der Waals surface area (Å²) in [6.07, 6.45) is 4.33. The topological polar surface area (TPSA) is 63.1 Å². The standard InChI is InChI=1S/C22H35N5O/c1-14(2)20-10-18(19-12-24-27(15(3)4)21(19)25-20)22(28)23-11-17(6)26-9-7-8-16(5)13-26/h10,12,14-17H,7-9,11,13H2,1-6H3,(H,23,28). The molecule has 3 rings (SSSR count). The smallest absolute Gasteiger partial charge is 0.252 e. The Morgan fingerprint density at radius 3 is 2.68 bits per heavy atom. The highest BCUT2D eigenvalue weighted by atomic mass is 16.1. The highest BCUT2D eigenvalue weighted by Crippen LogP contribution is 2.24. The number of fused-ring (bicyclic) bond motifs is 1. The van der Waals surface area contributed by atoms with Gasteiger partial charge in [0.2, 0.25) is 0 Å². The number of rotatable bonds is 6. The van der Waals surface area contributed by atoms with Crippen LogP contribution < -0.4 is 5.32 Å². The molecule has 1 saturated heterocycles. The van der Waals surface area contributed by atoms with Gasteiger partial charge in [0.05, 0.1) is 17.1 Å². The minimum atomic E-state index is -0.0329. The Morgan fingerprint density at radius 1 is 1.29 bits per heavy atom. The van der Waals surface area contributed by atoms with Gasteiger partial charge in [-0.1, -0.05) is 20.8 Å². The summed E-state index contributed by atoms with van der Waals surface area (Å²) in [6.45, 7) is 15.8. The van der Waals surface area contributed by atoms with E-state index in [1.54, 1.807) is 6.20 Å². The molecule has 0 saturated carbocycles. The van der Waals surface area contributed by atoms with E-state index in [2.05, 4.69) is 56.9 Å². The van der Waals surface area contributed by atoms with Gasteiger partial charge in [0.25, 0.3) is 5.91 Å². The molecular formula is C22H35N5O. The number of amides is 1. The van der Waals surface area contributed by atoms with Crippen molar-refractivity contribution in [3.63, 3.8) is 0 Å². The largest absolute Gasteiger partial charge is 0.350 e. The van der Waals surface area contributed by atoms with Crippen LogP contribution in [0.1, 0.15) is 82.4 Å². The summed E-state index contributed by atoms with van der Waals surface area (Å²) in [7, 11) is 0. The third-order valence-electron chi connectivity index (χ3n) is 5.78. The van der Waals surface area contributed by atoms with Gasteiger partial charge in [0, 0.05) is 30.9 Å². The minimum Gasteiger partial charge on any atom is -0.350 e. The maximum absolute atomic E-state index is 13.1. The number of likely N-dealkylation sites (tertiary alicyclic amines) is 1. The van der Waals surface area contributed by atoms with Gasteiger partial charge in [-0.2, -0.15) is 5.10 Å². The first kappa shape index (κ1) is 20.8. The van der Waals surface area contributed by atoms with Crippen LogP contribution in [0.3, 0.4) is 0 Å². The lowest BCUT2D eigenvalue weighted by atomic mass is 9.99. The number of hydrogen-bond donors (Lipinski definition) is 1. The van der Waals surface area contributed by atoms with Crippen molar-refractivity contribution in [1.82, 2.24) is 25.0 Å². The lowest BCUT2D eigenvalue weighted by Gasteiger charge is -2.35. The quantitative estimate of drug-likeness (QED) is 0.817. The number of piperidine rings is 1. The van der Waals surface area contributed by atoms with E-state index in [-0.39, 0.29) is 17.9 Å². The fourth-order valence-corrected chi connectivity index (χ4v) is 3.99. The van der Waals surface area contributed by atoms with Crippen LogP contribution in [-0.2, 0) is 0 Å². The molecule has 1 aliphatic heterocycles. The number of hydrogen-bond acceptors (Lipinski definition) is 4. The summed E-state index contributed by atoms with van der Waals surface area (Å²) < 4.78 is 1.90. The molecule has 2 atom stereocenters. The third-order valence-corrected chi connectivity index (χ3v) is 5.78. The van der Waals surface area contributed by atoms with Crippen LogP contribution in [0, 0.1) is 5.92 Å². The van der Waals surface area contributed by atoms with E-state index in [4.69, 9.17) is 4.98 Å². The summed E-state index contributed by atoms with van der Waals surface area (Å²) in [6, 6.07) is 2.47. The Kier molecular flexibility index (Phi) is 6.38. The van der Waals surface area contributed by atoms with Crippen molar-refractivity contribution in [1.29, 1.82) is 0 Å². The number of pyridine rings is 1. The second-order valence-electron chi connectivity index (χ2n) is 8.97. The molecule has 2 aromatic rings. The fourth-order valence-electron chi connectivity index (χ4n) is 3.99. The molecule has 0 spiro atoms. The van der Waals surface area contributed by atoms with Gasteiger partial charge in [-0.25, -0.2) is 9.67 Å². The van der Waals surface area contributed by atoms with Crippen molar-refractivity contribution in [3.05, 3.63) is 23.5 Å². The lowest BCUT2D eigenvalue weighted by molar-refractivity contribution is 0.0919. The SMILES string of the molecule is CC1CCCN(C(C)CNC(=O)c2cc(C(C)C)nc3c2cnn3C(C)C)C1. The van der Waals surface area contributed by atoms with Gasteiger partial charge in [0.15, 0.2) is 5.65 Å². The predicted octanol–water partition coefficient (Wildman–Crippen LogP) is 3.99. The van der Waals surface area contributed by atoms with E-state index in [0.717, 1.165) is 35.7 Å². The highest BCUT2D eigenvalue weighted by Gasteiger charge is 2.23. The molecule has 3 heterocycles. The van der Waals surface area contributed by atoms with Gasteiger partial charge in [-0.15, -0.1) is 0 Å². The van der Waals surface area contributed by atoms with Crippen molar-refractivity contribution >= 4 is 16.9 Å². The molecule has 0 aromatic carbocycles. The lowest BCUT2D eigenvalue weighted by Crippen LogP contribution is -2.46. The third kappa shape index (κ3) is 4.37. The Balaban J connectivity index is 1.80. The van der Waals surface area contributed by atoms with E-state index in [1.807, 2.05) is 10.7 Å². The monoisotopic (exact) mass is 385 g/mol. The Morgan fingerprint density at radius 2 is 2.04 bits per heavy atom. The first-order valence-electron chi connectivity index (χ1n) is 10.7.